The number of nitrogens with zero attached hydrogens (tertiary/aromatic N) is 1. The highest BCUT2D eigenvalue weighted by Gasteiger charge is 2.19. The highest BCUT2D eigenvalue weighted by atomic mass is 32.1. The number of piperidine rings is 1. The highest BCUT2D eigenvalue weighted by molar-refractivity contribution is 7.13. The average molecular weight is 346 g/mol. The van der Waals surface area contributed by atoms with E-state index in [2.05, 4.69) is 31.2 Å². The number of benzene rings is 1. The Balaban J connectivity index is 0.000000671. The van der Waals surface area contributed by atoms with Crippen LogP contribution in [0.4, 0.5) is 0 Å². The Morgan fingerprint density at radius 2 is 1.67 bits per heavy atom. The molecule has 3 heteroatoms. The van der Waals surface area contributed by atoms with E-state index in [4.69, 9.17) is 0 Å². The van der Waals surface area contributed by atoms with Gasteiger partial charge in [-0.1, -0.05) is 57.5 Å². The average Bonchev–Trinajstić information content (AvgIpc) is 3.15. The number of carbonyl (C=O) groups is 1. The number of hydrogen-bond acceptors (Lipinski definition) is 2. The van der Waals surface area contributed by atoms with E-state index in [1.807, 2.05) is 44.0 Å². The van der Waals surface area contributed by atoms with Gasteiger partial charge in [-0.25, -0.2) is 0 Å². The van der Waals surface area contributed by atoms with Crippen molar-refractivity contribution in [2.24, 2.45) is 0 Å². The van der Waals surface area contributed by atoms with E-state index < -0.39 is 0 Å². The van der Waals surface area contributed by atoms with Crippen molar-refractivity contribution in [3.05, 3.63) is 46.8 Å². The van der Waals surface area contributed by atoms with Crippen molar-refractivity contribution in [2.75, 3.05) is 13.1 Å². The van der Waals surface area contributed by atoms with Crippen LogP contribution in [0.25, 0.3) is 10.4 Å². The molecule has 1 aliphatic rings. The second-order valence-electron chi connectivity index (χ2n) is 5.42. The number of thiophene rings is 1. The molecule has 1 aliphatic heterocycles. The van der Waals surface area contributed by atoms with Crippen LogP contribution in [0, 0.1) is 6.92 Å². The fourth-order valence-electron chi connectivity index (χ4n) is 2.68. The largest absolute Gasteiger partial charge is 0.339 e. The molecule has 2 heterocycles. The van der Waals surface area contributed by atoms with Gasteiger partial charge in [0, 0.05) is 23.3 Å². The van der Waals surface area contributed by atoms with Crippen molar-refractivity contribution in [1.29, 1.82) is 0 Å². The molecular formula is C21H31NOS. The second kappa shape index (κ2) is 11.0. The lowest BCUT2D eigenvalue weighted by Gasteiger charge is -2.26. The van der Waals surface area contributed by atoms with E-state index in [1.165, 1.54) is 22.4 Å². The Morgan fingerprint density at radius 3 is 2.29 bits per heavy atom. The maximum absolute atomic E-state index is 12.4. The third-order valence-electron chi connectivity index (χ3n) is 3.79. The van der Waals surface area contributed by atoms with Gasteiger partial charge in [0.2, 0.25) is 0 Å². The predicted octanol–water partition coefficient (Wildman–Crippen LogP) is 6.40. The van der Waals surface area contributed by atoms with Crippen molar-refractivity contribution in [3.8, 4) is 10.4 Å². The first-order valence-corrected chi connectivity index (χ1v) is 10.1. The summed E-state index contributed by atoms with van der Waals surface area (Å²) in [6.45, 7) is 11.9. The normalized spacial score (nSPS) is 13.3. The van der Waals surface area contributed by atoms with Crippen LogP contribution in [0.2, 0.25) is 0 Å². The molecule has 0 atom stereocenters. The van der Waals surface area contributed by atoms with Crippen LogP contribution in [0.3, 0.4) is 0 Å². The van der Waals surface area contributed by atoms with Crippen molar-refractivity contribution in [1.82, 2.24) is 4.90 Å². The Kier molecular flexibility index (Phi) is 9.39. The molecular weight excluding hydrogens is 314 g/mol. The summed E-state index contributed by atoms with van der Waals surface area (Å²) in [7, 11) is 0. The summed E-state index contributed by atoms with van der Waals surface area (Å²) in [6, 6.07) is 10.5. The zero-order chi connectivity index (χ0) is 17.9. The van der Waals surface area contributed by atoms with Gasteiger partial charge in [-0.2, -0.15) is 0 Å². The topological polar surface area (TPSA) is 20.3 Å². The zero-order valence-corrected chi connectivity index (χ0v) is 16.6. The molecule has 1 aromatic carbocycles. The highest BCUT2D eigenvalue weighted by Crippen LogP contribution is 2.28. The van der Waals surface area contributed by atoms with E-state index in [1.54, 1.807) is 11.3 Å². The molecule has 0 spiro atoms. The van der Waals surface area contributed by atoms with E-state index in [9.17, 15) is 4.79 Å². The Morgan fingerprint density at radius 1 is 1.00 bits per heavy atom. The number of amides is 1. The Bertz CT molecular complexity index is 612. The van der Waals surface area contributed by atoms with Gasteiger partial charge in [0.15, 0.2) is 0 Å². The maximum atomic E-state index is 12.4. The Hall–Kier alpha value is -1.61. The summed E-state index contributed by atoms with van der Waals surface area (Å²) >= 11 is 1.66. The lowest BCUT2D eigenvalue weighted by Crippen LogP contribution is -2.35. The monoisotopic (exact) mass is 345 g/mol. The third kappa shape index (κ3) is 5.48. The maximum Gasteiger partial charge on any atom is 0.254 e. The van der Waals surface area contributed by atoms with Gasteiger partial charge in [-0.15, -0.1) is 11.3 Å². The SMILES string of the molecule is CC.CC.Cc1cccc(-c2cc(C(=O)N3CCCCC3)cs2)c1. The molecule has 3 rings (SSSR count). The second-order valence-corrected chi connectivity index (χ2v) is 6.33. The number of aryl methyl sites for hydroxylation is 1. The standard InChI is InChI=1S/C17H19NOS.2C2H6/c1-13-6-5-7-14(10-13)16-11-15(12-20-16)17(19)18-8-3-2-4-9-18;2*1-2/h5-7,10-12H,2-4,8-9H2,1H3;2*1-2H3. The van der Waals surface area contributed by atoms with E-state index >= 15 is 0 Å². The first-order valence-electron chi connectivity index (χ1n) is 9.19. The van der Waals surface area contributed by atoms with Gasteiger partial charge in [-0.05, 0) is 37.8 Å². The van der Waals surface area contributed by atoms with Gasteiger partial charge >= 0.3 is 0 Å². The van der Waals surface area contributed by atoms with Gasteiger partial charge in [0.1, 0.15) is 0 Å². The van der Waals surface area contributed by atoms with Crippen molar-refractivity contribution in [2.45, 2.75) is 53.9 Å². The fraction of sp³-hybridized carbons (Fsp3) is 0.476. The molecule has 1 amide bonds. The van der Waals surface area contributed by atoms with Crippen molar-refractivity contribution >= 4 is 17.2 Å². The summed E-state index contributed by atoms with van der Waals surface area (Å²) in [6.07, 6.45) is 3.53. The van der Waals surface area contributed by atoms with E-state index in [0.29, 0.717) is 0 Å². The van der Waals surface area contributed by atoms with Crippen LogP contribution < -0.4 is 0 Å². The van der Waals surface area contributed by atoms with E-state index in [0.717, 1.165) is 31.5 Å². The van der Waals surface area contributed by atoms with Gasteiger partial charge in [0.05, 0.1) is 5.56 Å². The molecule has 0 bridgehead atoms. The molecule has 1 saturated heterocycles. The van der Waals surface area contributed by atoms with Crippen LogP contribution in [0.15, 0.2) is 35.7 Å². The van der Waals surface area contributed by atoms with Crippen LogP contribution in [-0.2, 0) is 0 Å². The minimum atomic E-state index is 0.194. The first kappa shape index (κ1) is 20.4. The summed E-state index contributed by atoms with van der Waals surface area (Å²) < 4.78 is 0. The number of rotatable bonds is 2. The smallest absolute Gasteiger partial charge is 0.254 e. The molecule has 0 saturated carbocycles. The van der Waals surface area contributed by atoms with Gasteiger partial charge in [-0.3, -0.25) is 4.79 Å². The minimum absolute atomic E-state index is 0.194. The fourth-order valence-corrected chi connectivity index (χ4v) is 3.56. The van der Waals surface area contributed by atoms with Crippen LogP contribution in [0.5, 0.6) is 0 Å². The van der Waals surface area contributed by atoms with Crippen molar-refractivity contribution in [3.63, 3.8) is 0 Å². The molecule has 0 N–H and O–H groups in total. The minimum Gasteiger partial charge on any atom is -0.339 e. The quantitative estimate of drug-likeness (QED) is 0.616. The van der Waals surface area contributed by atoms with Gasteiger partial charge in [0.25, 0.3) is 5.91 Å². The van der Waals surface area contributed by atoms with Crippen molar-refractivity contribution < 1.29 is 4.79 Å². The zero-order valence-electron chi connectivity index (χ0n) is 15.8. The number of carbonyl (C=O) groups excluding carboxylic acids is 1. The molecule has 2 nitrogen and oxygen atoms in total. The molecule has 24 heavy (non-hydrogen) atoms. The molecule has 2 aromatic rings. The summed E-state index contributed by atoms with van der Waals surface area (Å²) in [4.78, 5) is 15.6. The molecule has 0 unspecified atom stereocenters. The Labute approximate surface area is 151 Å². The summed E-state index contributed by atoms with van der Waals surface area (Å²) in [5.41, 5.74) is 3.29. The lowest BCUT2D eigenvalue weighted by atomic mass is 10.1. The van der Waals surface area contributed by atoms with Gasteiger partial charge < -0.3 is 4.90 Å². The summed E-state index contributed by atoms with van der Waals surface area (Å²) in [5, 5.41) is 1.99. The van der Waals surface area contributed by atoms with Crippen LogP contribution in [0.1, 0.15) is 62.9 Å². The molecule has 1 fully saturated rings. The molecule has 0 aliphatic carbocycles. The molecule has 132 valence electrons. The van der Waals surface area contributed by atoms with Crippen LogP contribution in [-0.4, -0.2) is 23.9 Å². The summed E-state index contributed by atoms with van der Waals surface area (Å²) in [5.74, 6) is 0.194. The van der Waals surface area contributed by atoms with E-state index in [-0.39, 0.29) is 5.91 Å². The molecule has 1 aromatic heterocycles. The van der Waals surface area contributed by atoms with Crippen LogP contribution >= 0.6 is 11.3 Å². The predicted molar refractivity (Wildman–Crippen MR) is 107 cm³/mol. The number of likely N-dealkylation sites (tertiary alicyclic amines) is 1. The molecule has 0 radical (unpaired) electrons. The first-order chi connectivity index (χ1) is 11.7. The lowest BCUT2D eigenvalue weighted by molar-refractivity contribution is 0.0725. The number of hydrogen-bond donors (Lipinski definition) is 0. The third-order valence-corrected chi connectivity index (χ3v) is 4.77.